The van der Waals surface area contributed by atoms with E-state index in [0.717, 1.165) is 10.9 Å². The Bertz CT molecular complexity index is 516. The van der Waals surface area contributed by atoms with Crippen molar-refractivity contribution in [3.05, 3.63) is 40.1 Å². The fraction of sp³-hybridized carbons (Fsp3) is 0.200. The number of hydrogen-bond acceptors (Lipinski definition) is 3. The van der Waals surface area contributed by atoms with Crippen LogP contribution in [0.25, 0.3) is 10.9 Å². The van der Waals surface area contributed by atoms with Crippen molar-refractivity contribution in [2.45, 2.75) is 13.0 Å². The van der Waals surface area contributed by atoms with Crippen LogP contribution >= 0.6 is 0 Å². The predicted molar refractivity (Wildman–Crippen MR) is 55.6 cm³/mol. The van der Waals surface area contributed by atoms with E-state index in [9.17, 15) is 15.2 Å². The fourth-order valence-corrected chi connectivity index (χ4v) is 1.60. The molecule has 5 nitrogen and oxygen atoms in total. The van der Waals surface area contributed by atoms with Gasteiger partial charge >= 0.3 is 0 Å². The number of H-pyrrole nitrogens is 1. The SMILES string of the molecule is C[C@@H](O)c1c[nH]c2cc([N+](=O)[O-])ccc12. The van der Waals surface area contributed by atoms with Crippen LogP contribution in [0.4, 0.5) is 5.69 Å². The van der Waals surface area contributed by atoms with E-state index in [1.54, 1.807) is 19.2 Å². The van der Waals surface area contributed by atoms with Crippen molar-refractivity contribution >= 4 is 16.6 Å². The predicted octanol–water partition coefficient (Wildman–Crippen LogP) is 2.13. The number of hydrogen-bond donors (Lipinski definition) is 2. The van der Waals surface area contributed by atoms with Crippen molar-refractivity contribution in [3.8, 4) is 0 Å². The highest BCUT2D eigenvalue weighted by Crippen LogP contribution is 2.26. The minimum absolute atomic E-state index is 0.0430. The lowest BCUT2D eigenvalue weighted by atomic mass is 10.1. The topological polar surface area (TPSA) is 79.2 Å². The Morgan fingerprint density at radius 3 is 2.87 bits per heavy atom. The number of non-ortho nitro benzene ring substituents is 1. The number of aromatic nitrogens is 1. The number of benzene rings is 1. The molecule has 2 N–H and O–H groups in total. The summed E-state index contributed by atoms with van der Waals surface area (Å²) in [5.74, 6) is 0. The number of nitro groups is 1. The van der Waals surface area contributed by atoms with Gasteiger partial charge in [0, 0.05) is 29.3 Å². The lowest BCUT2D eigenvalue weighted by Crippen LogP contribution is -1.89. The molecule has 0 radical (unpaired) electrons. The lowest BCUT2D eigenvalue weighted by Gasteiger charge is -2.00. The molecular weight excluding hydrogens is 196 g/mol. The normalized spacial score (nSPS) is 12.9. The highest BCUT2D eigenvalue weighted by molar-refractivity contribution is 5.85. The third-order valence-corrected chi connectivity index (χ3v) is 2.36. The van der Waals surface area contributed by atoms with E-state index in [-0.39, 0.29) is 5.69 Å². The number of aromatic amines is 1. The number of nitrogens with zero attached hydrogens (tertiary/aromatic N) is 1. The Labute approximate surface area is 85.5 Å². The van der Waals surface area contributed by atoms with Crippen LogP contribution in [0.5, 0.6) is 0 Å². The zero-order valence-corrected chi connectivity index (χ0v) is 8.10. The van der Waals surface area contributed by atoms with Crippen LogP contribution in [-0.2, 0) is 0 Å². The van der Waals surface area contributed by atoms with Gasteiger partial charge in [0.05, 0.1) is 16.5 Å². The van der Waals surface area contributed by atoms with Gasteiger partial charge in [0.1, 0.15) is 0 Å². The molecule has 0 fully saturated rings. The van der Waals surface area contributed by atoms with Crippen LogP contribution in [0.15, 0.2) is 24.4 Å². The summed E-state index contributed by atoms with van der Waals surface area (Å²) in [6.45, 7) is 1.66. The third kappa shape index (κ3) is 1.57. The molecule has 2 rings (SSSR count). The average molecular weight is 206 g/mol. The molecule has 15 heavy (non-hydrogen) atoms. The van der Waals surface area contributed by atoms with Gasteiger partial charge in [0.25, 0.3) is 5.69 Å². The molecule has 78 valence electrons. The summed E-state index contributed by atoms with van der Waals surface area (Å²) >= 11 is 0. The van der Waals surface area contributed by atoms with Gasteiger partial charge in [-0.05, 0) is 13.0 Å². The smallest absolute Gasteiger partial charge is 0.271 e. The molecule has 0 aliphatic rings. The highest BCUT2D eigenvalue weighted by atomic mass is 16.6. The van der Waals surface area contributed by atoms with Gasteiger partial charge in [-0.2, -0.15) is 0 Å². The second-order valence-electron chi connectivity index (χ2n) is 3.41. The lowest BCUT2D eigenvalue weighted by molar-refractivity contribution is -0.384. The van der Waals surface area contributed by atoms with Crippen molar-refractivity contribution in [3.63, 3.8) is 0 Å². The molecule has 1 aromatic carbocycles. The zero-order chi connectivity index (χ0) is 11.0. The number of rotatable bonds is 2. The average Bonchev–Trinajstić information content (AvgIpc) is 2.59. The molecule has 0 saturated carbocycles. The molecule has 1 aromatic heterocycles. The molecule has 0 spiro atoms. The van der Waals surface area contributed by atoms with E-state index in [1.165, 1.54) is 12.1 Å². The first-order chi connectivity index (χ1) is 7.09. The molecule has 0 aliphatic carbocycles. The van der Waals surface area contributed by atoms with E-state index in [0.29, 0.717) is 5.52 Å². The molecule has 1 heterocycles. The van der Waals surface area contributed by atoms with Gasteiger partial charge in [-0.1, -0.05) is 0 Å². The van der Waals surface area contributed by atoms with E-state index >= 15 is 0 Å². The van der Waals surface area contributed by atoms with Crippen LogP contribution in [0, 0.1) is 10.1 Å². The summed E-state index contributed by atoms with van der Waals surface area (Å²) < 4.78 is 0. The van der Waals surface area contributed by atoms with Gasteiger partial charge in [-0.15, -0.1) is 0 Å². The van der Waals surface area contributed by atoms with E-state index in [2.05, 4.69) is 4.98 Å². The summed E-state index contributed by atoms with van der Waals surface area (Å²) in [7, 11) is 0. The molecule has 1 atom stereocenters. The van der Waals surface area contributed by atoms with E-state index in [1.807, 2.05) is 0 Å². The van der Waals surface area contributed by atoms with Crippen LogP contribution < -0.4 is 0 Å². The molecule has 0 aliphatic heterocycles. The van der Waals surface area contributed by atoms with E-state index < -0.39 is 11.0 Å². The van der Waals surface area contributed by atoms with Gasteiger partial charge in [-0.25, -0.2) is 0 Å². The number of aliphatic hydroxyl groups is 1. The third-order valence-electron chi connectivity index (χ3n) is 2.36. The van der Waals surface area contributed by atoms with Gasteiger partial charge < -0.3 is 10.1 Å². The van der Waals surface area contributed by atoms with Crippen molar-refractivity contribution in [1.29, 1.82) is 0 Å². The maximum atomic E-state index is 10.5. The second kappa shape index (κ2) is 3.36. The first kappa shape index (κ1) is 9.67. The second-order valence-corrected chi connectivity index (χ2v) is 3.41. The van der Waals surface area contributed by atoms with Crippen LogP contribution in [-0.4, -0.2) is 15.0 Å². The Morgan fingerprint density at radius 2 is 2.27 bits per heavy atom. The number of nitrogens with one attached hydrogen (secondary N) is 1. The molecule has 0 unspecified atom stereocenters. The van der Waals surface area contributed by atoms with Gasteiger partial charge in [0.2, 0.25) is 0 Å². The summed E-state index contributed by atoms with van der Waals surface area (Å²) in [4.78, 5) is 13.0. The zero-order valence-electron chi connectivity index (χ0n) is 8.10. The van der Waals surface area contributed by atoms with Crippen LogP contribution in [0.1, 0.15) is 18.6 Å². The molecule has 0 saturated heterocycles. The maximum Gasteiger partial charge on any atom is 0.271 e. The Hall–Kier alpha value is -1.88. The monoisotopic (exact) mass is 206 g/mol. The first-order valence-corrected chi connectivity index (χ1v) is 4.53. The van der Waals surface area contributed by atoms with Gasteiger partial charge in [-0.3, -0.25) is 10.1 Å². The molecule has 5 heteroatoms. The molecular formula is C10H10N2O3. The number of fused-ring (bicyclic) bond motifs is 1. The van der Waals surface area contributed by atoms with Crippen molar-refractivity contribution in [2.75, 3.05) is 0 Å². The van der Waals surface area contributed by atoms with Crippen molar-refractivity contribution < 1.29 is 10.0 Å². The first-order valence-electron chi connectivity index (χ1n) is 4.53. The minimum atomic E-state index is -0.583. The summed E-state index contributed by atoms with van der Waals surface area (Å²) in [5.41, 5.74) is 1.46. The number of nitro benzene ring substituents is 1. The van der Waals surface area contributed by atoms with Crippen LogP contribution in [0.3, 0.4) is 0 Å². The number of aliphatic hydroxyl groups excluding tert-OH is 1. The Balaban J connectivity index is 2.61. The quantitative estimate of drug-likeness (QED) is 0.583. The fourth-order valence-electron chi connectivity index (χ4n) is 1.60. The molecule has 0 amide bonds. The Kier molecular flexibility index (Phi) is 2.17. The van der Waals surface area contributed by atoms with Crippen molar-refractivity contribution in [1.82, 2.24) is 4.98 Å². The van der Waals surface area contributed by atoms with E-state index in [4.69, 9.17) is 0 Å². The van der Waals surface area contributed by atoms with Gasteiger partial charge in [0.15, 0.2) is 0 Å². The van der Waals surface area contributed by atoms with Crippen molar-refractivity contribution in [2.24, 2.45) is 0 Å². The summed E-state index contributed by atoms with van der Waals surface area (Å²) in [5, 5.41) is 20.8. The summed E-state index contributed by atoms with van der Waals surface area (Å²) in [6, 6.07) is 4.54. The summed E-state index contributed by atoms with van der Waals surface area (Å²) in [6.07, 6.45) is 1.08. The molecule has 0 bridgehead atoms. The largest absolute Gasteiger partial charge is 0.389 e. The standard InChI is InChI=1S/C10H10N2O3/c1-6(13)9-5-11-10-4-7(12(14)15)2-3-8(9)10/h2-6,11,13H,1H3/t6-/m1/s1. The highest BCUT2D eigenvalue weighted by Gasteiger charge is 2.12. The maximum absolute atomic E-state index is 10.5. The minimum Gasteiger partial charge on any atom is -0.389 e. The Morgan fingerprint density at radius 1 is 1.53 bits per heavy atom. The van der Waals surface area contributed by atoms with Crippen LogP contribution in [0.2, 0.25) is 0 Å². The molecule has 2 aromatic rings.